The van der Waals surface area contributed by atoms with Gasteiger partial charge in [-0.25, -0.2) is 5.26 Å². The Bertz CT molecular complexity index is 81.6. The maximum atomic E-state index is 8.29. The Labute approximate surface area is 56.8 Å². The molecule has 0 rings (SSSR count). The van der Waals surface area contributed by atoms with Crippen molar-refractivity contribution in [2.45, 2.75) is 0 Å². The average Bonchev–Trinajstić information content (AvgIpc) is 1.88. The van der Waals surface area contributed by atoms with Crippen molar-refractivity contribution in [3.05, 3.63) is 0 Å². The van der Waals surface area contributed by atoms with E-state index in [0.29, 0.717) is 0 Å². The van der Waals surface area contributed by atoms with Gasteiger partial charge in [-0.1, -0.05) is 0 Å². The molecular weight excluding hydrogens is 140 g/mol. The van der Waals surface area contributed by atoms with E-state index >= 15 is 0 Å². The van der Waals surface area contributed by atoms with Gasteiger partial charge in [0.2, 0.25) is 7.85 Å². The quantitative estimate of drug-likeness (QED) is 0.428. The zero-order valence-electron chi connectivity index (χ0n) is 5.66. The molecule has 4 nitrogen and oxygen atoms in total. The van der Waals surface area contributed by atoms with E-state index < -0.39 is 8.60 Å². The molecule has 0 aliphatic carbocycles. The van der Waals surface area contributed by atoms with Crippen LogP contribution in [0.2, 0.25) is 0 Å². The molecule has 0 unspecified atom stereocenters. The topological polar surface area (TPSA) is 62.5 Å². The van der Waals surface area contributed by atoms with Gasteiger partial charge in [0.15, 0.2) is 0 Å². The lowest BCUT2D eigenvalue weighted by atomic mass is 10.2. The largest absolute Gasteiger partial charge is 0.329 e. The smallest absolute Gasteiger partial charge is 0.328 e. The van der Waals surface area contributed by atoms with Crippen LogP contribution in [-0.4, -0.2) is 27.0 Å². The fourth-order valence-corrected chi connectivity index (χ4v) is 0.224. The molecule has 0 aromatic carbocycles. The third-order valence-electron chi connectivity index (χ3n) is 0.312. The fraction of sp³-hybridized carbons (Fsp3) is 0.667. The summed E-state index contributed by atoms with van der Waals surface area (Å²) >= 11 is 0. The maximum Gasteiger partial charge on any atom is 0.329 e. The molecule has 0 aromatic rings. The first-order valence-corrected chi connectivity index (χ1v) is 3.24. The molecule has 0 fully saturated rings. The standard InChI is InChI=1S/C2H7O3P.CH2BN/c1-4-6(3)5-2;2-1-3/h3H,1-2H3;2H2. The highest BCUT2D eigenvalue weighted by Gasteiger charge is 1.94. The van der Waals surface area contributed by atoms with Crippen molar-refractivity contribution in [3.63, 3.8) is 0 Å². The van der Waals surface area contributed by atoms with Crippen LogP contribution in [0.5, 0.6) is 0 Å². The maximum absolute atomic E-state index is 8.29. The first-order chi connectivity index (χ1) is 4.22. The van der Waals surface area contributed by atoms with Crippen LogP contribution in [0.25, 0.3) is 0 Å². The summed E-state index contributed by atoms with van der Waals surface area (Å²) < 4.78 is 8.59. The van der Waals surface area contributed by atoms with Crippen molar-refractivity contribution in [2.24, 2.45) is 0 Å². The molecule has 0 aromatic heterocycles. The molecule has 6 heteroatoms. The zero-order chi connectivity index (χ0) is 7.70. The van der Waals surface area contributed by atoms with Gasteiger partial charge in [0, 0.05) is 14.2 Å². The predicted molar refractivity (Wildman–Crippen MR) is 37.3 cm³/mol. The van der Waals surface area contributed by atoms with E-state index in [4.69, 9.17) is 10.2 Å². The minimum Gasteiger partial charge on any atom is -0.328 e. The lowest BCUT2D eigenvalue weighted by molar-refractivity contribution is 0.271. The van der Waals surface area contributed by atoms with E-state index in [1.807, 2.05) is 0 Å². The third-order valence-corrected chi connectivity index (χ3v) is 0.937. The van der Waals surface area contributed by atoms with Crippen LogP contribution in [-0.2, 0) is 9.05 Å². The van der Waals surface area contributed by atoms with Gasteiger partial charge < -0.3 is 13.9 Å². The molecule has 0 saturated carbocycles. The normalized spacial score (nSPS) is 7.44. The Hall–Kier alpha value is -0.135. The molecule has 0 radical (unpaired) electrons. The second-order valence-electron chi connectivity index (χ2n) is 0.827. The van der Waals surface area contributed by atoms with Crippen LogP contribution in [0, 0.1) is 11.2 Å². The molecule has 0 bridgehead atoms. The Morgan fingerprint density at radius 1 is 1.56 bits per heavy atom. The molecule has 0 saturated heterocycles. The Kier molecular flexibility index (Phi) is 13.9. The van der Waals surface area contributed by atoms with Gasteiger partial charge in [-0.3, -0.25) is 0 Å². The minimum atomic E-state index is -1.58. The van der Waals surface area contributed by atoms with Gasteiger partial charge in [0.05, 0.1) is 0 Å². The highest BCUT2D eigenvalue weighted by molar-refractivity contribution is 7.40. The summed E-state index contributed by atoms with van der Waals surface area (Å²) in [6.07, 6.45) is 0. The van der Waals surface area contributed by atoms with Gasteiger partial charge in [0.1, 0.15) is 0 Å². The lowest BCUT2D eigenvalue weighted by Gasteiger charge is -1.98. The molecule has 52 valence electrons. The zero-order valence-corrected chi connectivity index (χ0v) is 6.55. The Morgan fingerprint density at radius 2 is 1.78 bits per heavy atom. The number of nitriles is 1. The molecule has 0 spiro atoms. The summed E-state index contributed by atoms with van der Waals surface area (Å²) in [5, 5.41) is 7.32. The van der Waals surface area contributed by atoms with Gasteiger partial charge in [-0.15, -0.1) is 0 Å². The second-order valence-corrected chi connectivity index (χ2v) is 2.03. The van der Waals surface area contributed by atoms with Gasteiger partial charge in [0.25, 0.3) is 0 Å². The molecule has 0 heterocycles. The first kappa shape index (κ1) is 11.6. The van der Waals surface area contributed by atoms with Crippen LogP contribution in [0.4, 0.5) is 0 Å². The predicted octanol–water partition coefficient (Wildman–Crippen LogP) is -0.401. The van der Waals surface area contributed by atoms with Gasteiger partial charge >= 0.3 is 8.60 Å². The van der Waals surface area contributed by atoms with E-state index in [1.54, 1.807) is 5.97 Å². The number of rotatable bonds is 2. The minimum absolute atomic E-state index is 1.38. The summed E-state index contributed by atoms with van der Waals surface area (Å²) in [7, 11) is 2.62. The van der Waals surface area contributed by atoms with E-state index in [9.17, 15) is 0 Å². The van der Waals surface area contributed by atoms with Crippen LogP contribution in [0.1, 0.15) is 0 Å². The monoisotopic (exact) mass is 149 g/mol. The lowest BCUT2D eigenvalue weighted by Crippen LogP contribution is -1.75. The third kappa shape index (κ3) is 18.1. The van der Waals surface area contributed by atoms with E-state index in [2.05, 4.69) is 9.05 Å². The summed E-state index contributed by atoms with van der Waals surface area (Å²) in [5.41, 5.74) is 0. The summed E-state index contributed by atoms with van der Waals surface area (Å²) in [6.45, 7) is 0. The van der Waals surface area contributed by atoms with Crippen molar-refractivity contribution < 1.29 is 13.9 Å². The SMILES string of the molecule is BC#N.COP(O)OC. The Balaban J connectivity index is 0. The average molecular weight is 149 g/mol. The summed E-state index contributed by atoms with van der Waals surface area (Å²) in [6, 6.07) is 0. The van der Waals surface area contributed by atoms with Gasteiger partial charge in [-0.2, -0.15) is 0 Å². The number of nitrogens with zero attached hydrogens (tertiary/aromatic N) is 1. The highest BCUT2D eigenvalue weighted by atomic mass is 31.2. The van der Waals surface area contributed by atoms with Crippen LogP contribution < -0.4 is 0 Å². The van der Waals surface area contributed by atoms with Crippen molar-refractivity contribution in [3.8, 4) is 5.97 Å². The molecule has 0 atom stereocenters. The van der Waals surface area contributed by atoms with E-state index in [0.717, 1.165) is 0 Å². The molecule has 0 aliphatic heterocycles. The van der Waals surface area contributed by atoms with Crippen molar-refractivity contribution in [2.75, 3.05) is 14.2 Å². The van der Waals surface area contributed by atoms with E-state index in [1.165, 1.54) is 22.1 Å². The number of hydrogen-bond donors (Lipinski definition) is 1. The second kappa shape index (κ2) is 10.8. The molecule has 1 N–H and O–H groups in total. The van der Waals surface area contributed by atoms with Crippen LogP contribution >= 0.6 is 8.60 Å². The summed E-state index contributed by atoms with van der Waals surface area (Å²) in [4.78, 5) is 8.29. The van der Waals surface area contributed by atoms with Gasteiger partial charge in [-0.05, 0) is 5.97 Å². The molecule has 0 aliphatic rings. The van der Waals surface area contributed by atoms with Crippen LogP contribution in [0.3, 0.4) is 0 Å². The first-order valence-electron chi connectivity index (χ1n) is 2.11. The molecule has 9 heavy (non-hydrogen) atoms. The highest BCUT2D eigenvalue weighted by Crippen LogP contribution is 2.28. The number of hydrogen-bond acceptors (Lipinski definition) is 4. The van der Waals surface area contributed by atoms with Crippen LogP contribution in [0.15, 0.2) is 0 Å². The Morgan fingerprint density at radius 3 is 1.78 bits per heavy atom. The summed E-state index contributed by atoms with van der Waals surface area (Å²) in [5.74, 6) is 1.75. The van der Waals surface area contributed by atoms with Crippen molar-refractivity contribution in [1.29, 1.82) is 5.26 Å². The fourth-order valence-electron chi connectivity index (χ4n) is 0.0745. The molecule has 0 amide bonds. The van der Waals surface area contributed by atoms with Crippen molar-refractivity contribution >= 4 is 16.4 Å². The van der Waals surface area contributed by atoms with E-state index in [-0.39, 0.29) is 0 Å². The van der Waals surface area contributed by atoms with Crippen molar-refractivity contribution in [1.82, 2.24) is 0 Å². The molecular formula is C3H9BNO3P.